The Balaban J connectivity index is 2.86. The van der Waals surface area contributed by atoms with Gasteiger partial charge in [0.15, 0.2) is 24.0 Å². The van der Waals surface area contributed by atoms with Gasteiger partial charge in [0.2, 0.25) is 0 Å². The van der Waals surface area contributed by atoms with E-state index in [0.717, 1.165) is 0 Å². The van der Waals surface area contributed by atoms with Gasteiger partial charge in [-0.2, -0.15) is 13.2 Å². The molecule has 0 aromatic heterocycles. The number of phenolic OH excluding ortho intramolecular Hbond substituents is 1. The molecular formula is C8H5F5O2. The maximum Gasteiger partial charge on any atom is 0.422 e. The Bertz CT molecular complexity index is 338. The van der Waals surface area contributed by atoms with Crippen LogP contribution >= 0.6 is 0 Å². The summed E-state index contributed by atoms with van der Waals surface area (Å²) >= 11 is 0. The fourth-order valence-corrected chi connectivity index (χ4v) is 0.838. The summed E-state index contributed by atoms with van der Waals surface area (Å²) in [4.78, 5) is 0. The average molecular weight is 228 g/mol. The summed E-state index contributed by atoms with van der Waals surface area (Å²) in [6, 6.07) is 0.906. The number of ether oxygens (including phenoxy) is 1. The van der Waals surface area contributed by atoms with Crippen LogP contribution in [0.5, 0.6) is 11.5 Å². The highest BCUT2D eigenvalue weighted by Crippen LogP contribution is 2.27. The van der Waals surface area contributed by atoms with E-state index in [0.29, 0.717) is 12.1 Å². The van der Waals surface area contributed by atoms with E-state index in [1.807, 2.05) is 0 Å². The van der Waals surface area contributed by atoms with Crippen LogP contribution in [0.1, 0.15) is 0 Å². The minimum Gasteiger partial charge on any atom is -0.508 e. The zero-order valence-electron chi connectivity index (χ0n) is 7.11. The van der Waals surface area contributed by atoms with E-state index in [1.165, 1.54) is 0 Å². The van der Waals surface area contributed by atoms with Gasteiger partial charge in [-0.15, -0.1) is 0 Å². The van der Waals surface area contributed by atoms with Crippen molar-refractivity contribution in [1.29, 1.82) is 0 Å². The fraction of sp³-hybridized carbons (Fsp3) is 0.250. The van der Waals surface area contributed by atoms with E-state index in [4.69, 9.17) is 5.11 Å². The highest BCUT2D eigenvalue weighted by atomic mass is 19.4. The summed E-state index contributed by atoms with van der Waals surface area (Å²) in [6.07, 6.45) is -4.68. The highest BCUT2D eigenvalue weighted by Gasteiger charge is 2.29. The predicted octanol–water partition coefficient (Wildman–Crippen LogP) is 2.61. The van der Waals surface area contributed by atoms with Gasteiger partial charge in [0, 0.05) is 12.1 Å². The average Bonchev–Trinajstić information content (AvgIpc) is 1.99. The number of aromatic hydroxyl groups is 1. The highest BCUT2D eigenvalue weighted by molar-refractivity contribution is 5.33. The molecule has 84 valence electrons. The third-order valence-corrected chi connectivity index (χ3v) is 1.36. The summed E-state index contributed by atoms with van der Waals surface area (Å²) in [5, 5.41) is 8.69. The standard InChI is InChI=1S/C8H5F5O2/c9-5-1-4(14)2-6(10)7(5)15-3-8(11,12)13/h1-2,14H,3H2. The van der Waals surface area contributed by atoms with E-state index in [9.17, 15) is 22.0 Å². The molecular weight excluding hydrogens is 223 g/mol. The van der Waals surface area contributed by atoms with Gasteiger partial charge in [0.25, 0.3) is 0 Å². The molecule has 0 radical (unpaired) electrons. The first-order valence-corrected chi connectivity index (χ1v) is 3.67. The summed E-state index contributed by atoms with van der Waals surface area (Å²) in [6.45, 7) is -1.80. The smallest absolute Gasteiger partial charge is 0.422 e. The zero-order valence-corrected chi connectivity index (χ0v) is 7.11. The van der Waals surface area contributed by atoms with Gasteiger partial charge >= 0.3 is 6.18 Å². The molecule has 15 heavy (non-hydrogen) atoms. The van der Waals surface area contributed by atoms with Crippen molar-refractivity contribution in [2.24, 2.45) is 0 Å². The first-order chi connectivity index (χ1) is 6.79. The molecule has 0 amide bonds. The molecule has 0 saturated carbocycles. The summed E-state index contributed by atoms with van der Waals surface area (Å²) in [5.41, 5.74) is 0. The maximum absolute atomic E-state index is 12.8. The minimum atomic E-state index is -4.68. The van der Waals surface area contributed by atoms with Gasteiger partial charge in [-0.05, 0) is 0 Å². The lowest BCUT2D eigenvalue weighted by Gasteiger charge is -2.10. The van der Waals surface area contributed by atoms with Gasteiger partial charge < -0.3 is 9.84 Å². The van der Waals surface area contributed by atoms with Crippen molar-refractivity contribution in [3.8, 4) is 11.5 Å². The first kappa shape index (κ1) is 11.5. The Morgan fingerprint density at radius 1 is 1.13 bits per heavy atom. The van der Waals surface area contributed by atoms with Gasteiger partial charge in [-0.1, -0.05) is 0 Å². The number of benzene rings is 1. The molecule has 1 rings (SSSR count). The van der Waals surface area contributed by atoms with Gasteiger partial charge in [-0.25, -0.2) is 8.78 Å². The van der Waals surface area contributed by atoms with Crippen LogP contribution in [0.25, 0.3) is 0 Å². The Labute approximate surface area is 80.9 Å². The Hall–Kier alpha value is -1.53. The Kier molecular flexibility index (Phi) is 3.01. The Morgan fingerprint density at radius 2 is 1.60 bits per heavy atom. The fourth-order valence-electron chi connectivity index (χ4n) is 0.838. The van der Waals surface area contributed by atoms with E-state index >= 15 is 0 Å². The molecule has 0 unspecified atom stereocenters. The van der Waals surface area contributed by atoms with Crippen molar-refractivity contribution in [1.82, 2.24) is 0 Å². The van der Waals surface area contributed by atoms with Crippen molar-refractivity contribution in [2.45, 2.75) is 6.18 Å². The predicted molar refractivity (Wildman–Crippen MR) is 39.6 cm³/mol. The molecule has 0 aliphatic carbocycles. The molecule has 0 aliphatic rings. The number of alkyl halides is 3. The molecule has 0 saturated heterocycles. The van der Waals surface area contributed by atoms with E-state index < -0.39 is 35.9 Å². The van der Waals surface area contributed by atoms with E-state index in [1.54, 1.807) is 0 Å². The normalized spacial score (nSPS) is 11.5. The monoisotopic (exact) mass is 228 g/mol. The number of halogens is 5. The quantitative estimate of drug-likeness (QED) is 0.788. The van der Waals surface area contributed by atoms with Gasteiger partial charge in [-0.3, -0.25) is 0 Å². The second-order valence-corrected chi connectivity index (χ2v) is 2.64. The molecule has 2 nitrogen and oxygen atoms in total. The summed E-state index contributed by atoms with van der Waals surface area (Å²) in [7, 11) is 0. The molecule has 0 fully saturated rings. The third-order valence-electron chi connectivity index (χ3n) is 1.36. The van der Waals surface area contributed by atoms with Crippen LogP contribution in [-0.4, -0.2) is 17.9 Å². The van der Waals surface area contributed by atoms with Gasteiger partial charge in [0.1, 0.15) is 5.75 Å². The maximum atomic E-state index is 12.8. The topological polar surface area (TPSA) is 29.5 Å². The minimum absolute atomic E-state index is 0.453. The molecule has 0 heterocycles. The molecule has 0 spiro atoms. The molecule has 1 N–H and O–H groups in total. The first-order valence-electron chi connectivity index (χ1n) is 3.67. The van der Waals surface area contributed by atoms with Crippen molar-refractivity contribution >= 4 is 0 Å². The lowest BCUT2D eigenvalue weighted by molar-refractivity contribution is -0.154. The van der Waals surface area contributed by atoms with Crippen molar-refractivity contribution in [3.05, 3.63) is 23.8 Å². The largest absolute Gasteiger partial charge is 0.508 e. The molecule has 0 atom stereocenters. The molecule has 0 aliphatic heterocycles. The lowest BCUT2D eigenvalue weighted by Crippen LogP contribution is -2.20. The molecule has 7 heteroatoms. The molecule has 1 aromatic rings. The second kappa shape index (κ2) is 3.92. The lowest BCUT2D eigenvalue weighted by atomic mass is 10.3. The Morgan fingerprint density at radius 3 is 2.00 bits per heavy atom. The van der Waals surface area contributed by atoms with Crippen LogP contribution < -0.4 is 4.74 Å². The van der Waals surface area contributed by atoms with Gasteiger partial charge in [0.05, 0.1) is 0 Å². The summed E-state index contributed by atoms with van der Waals surface area (Å²) < 4.78 is 64.5. The van der Waals surface area contributed by atoms with Crippen LogP contribution in [-0.2, 0) is 0 Å². The molecule has 0 bridgehead atoms. The SMILES string of the molecule is Oc1cc(F)c(OCC(F)(F)F)c(F)c1. The van der Waals surface area contributed by atoms with Crippen LogP contribution in [0, 0.1) is 11.6 Å². The number of rotatable bonds is 2. The van der Waals surface area contributed by atoms with Crippen LogP contribution in [0.2, 0.25) is 0 Å². The zero-order chi connectivity index (χ0) is 11.6. The second-order valence-electron chi connectivity index (χ2n) is 2.64. The number of hydrogen-bond donors (Lipinski definition) is 1. The molecule has 1 aromatic carbocycles. The van der Waals surface area contributed by atoms with Crippen molar-refractivity contribution in [2.75, 3.05) is 6.61 Å². The van der Waals surface area contributed by atoms with Crippen molar-refractivity contribution in [3.63, 3.8) is 0 Å². The van der Waals surface area contributed by atoms with Crippen LogP contribution in [0.15, 0.2) is 12.1 Å². The number of phenols is 1. The third kappa shape index (κ3) is 3.26. The van der Waals surface area contributed by atoms with Crippen LogP contribution in [0.3, 0.4) is 0 Å². The van der Waals surface area contributed by atoms with Crippen LogP contribution in [0.4, 0.5) is 22.0 Å². The van der Waals surface area contributed by atoms with E-state index in [2.05, 4.69) is 4.74 Å². The summed E-state index contributed by atoms with van der Waals surface area (Å²) in [5.74, 6) is -4.68. The van der Waals surface area contributed by atoms with E-state index in [-0.39, 0.29) is 0 Å². The number of hydrogen-bond acceptors (Lipinski definition) is 2. The van der Waals surface area contributed by atoms with Crippen molar-refractivity contribution < 1.29 is 31.8 Å².